The van der Waals surface area contributed by atoms with Crippen LogP contribution in [0.3, 0.4) is 0 Å². The van der Waals surface area contributed by atoms with Crippen molar-refractivity contribution >= 4 is 34.8 Å². The van der Waals surface area contributed by atoms with Gasteiger partial charge in [-0.1, -0.05) is 11.3 Å². The summed E-state index contributed by atoms with van der Waals surface area (Å²) in [6, 6.07) is 4.64. The lowest BCUT2D eigenvalue weighted by Crippen LogP contribution is -2.40. The number of aromatic nitrogens is 1. The lowest BCUT2D eigenvalue weighted by Gasteiger charge is -2.26. The van der Waals surface area contributed by atoms with E-state index in [0.29, 0.717) is 42.6 Å². The van der Waals surface area contributed by atoms with E-state index in [2.05, 4.69) is 23.3 Å². The van der Waals surface area contributed by atoms with Crippen molar-refractivity contribution < 1.29 is 14.1 Å². The standard InChI is InChI=1S/C22H28N3O3PS/c1-12-20(30-22(23-12)24-17-10-28-11-17)15-7-16-9-25(13(2)14-5-6-14)21(26)19(16)18(8-15)29(3,4)27/h7-8,13-14,17H,5-6,9-11H2,1-4H3,(H,23,24)/t13-/m0/s1. The number of hydrogen-bond donors (Lipinski definition) is 1. The zero-order valence-corrected chi connectivity index (χ0v) is 19.6. The fourth-order valence-electron chi connectivity index (χ4n) is 4.39. The fourth-order valence-corrected chi connectivity index (χ4v) is 6.65. The smallest absolute Gasteiger partial charge is 0.255 e. The second-order valence-corrected chi connectivity index (χ2v) is 13.4. The van der Waals surface area contributed by atoms with Crippen LogP contribution in [0.5, 0.6) is 0 Å². The molecule has 1 N–H and O–H groups in total. The zero-order chi connectivity index (χ0) is 21.2. The van der Waals surface area contributed by atoms with E-state index in [1.807, 2.05) is 17.9 Å². The number of amides is 1. The molecule has 3 aliphatic rings. The third kappa shape index (κ3) is 3.51. The molecule has 1 aliphatic carbocycles. The largest absolute Gasteiger partial charge is 0.377 e. The fraction of sp³-hybridized carbons (Fsp3) is 0.545. The van der Waals surface area contributed by atoms with Crippen LogP contribution in [-0.4, -0.2) is 54.4 Å². The minimum atomic E-state index is -2.63. The Kier molecular flexibility index (Phi) is 4.84. The molecule has 2 fully saturated rings. The van der Waals surface area contributed by atoms with E-state index in [1.165, 1.54) is 12.8 Å². The van der Waals surface area contributed by atoms with Crippen LogP contribution in [0.15, 0.2) is 12.1 Å². The number of ether oxygens (including phenoxy) is 1. The third-order valence-corrected chi connectivity index (χ3v) is 9.07. The molecule has 0 spiro atoms. The van der Waals surface area contributed by atoms with Crippen molar-refractivity contribution in [3.05, 3.63) is 29.0 Å². The Morgan fingerprint density at radius 2 is 2.03 bits per heavy atom. The molecule has 1 aromatic heterocycles. The number of benzene rings is 1. The lowest BCUT2D eigenvalue weighted by atomic mass is 10.0. The Hall–Kier alpha value is -1.69. The minimum absolute atomic E-state index is 0.0447. The summed E-state index contributed by atoms with van der Waals surface area (Å²) in [4.78, 5) is 21.0. The number of nitrogens with zero attached hydrogens (tertiary/aromatic N) is 2. The maximum absolute atomic E-state index is 13.3. The molecule has 6 nitrogen and oxygen atoms in total. The van der Waals surface area contributed by atoms with Crippen molar-refractivity contribution in [2.24, 2.45) is 5.92 Å². The summed E-state index contributed by atoms with van der Waals surface area (Å²) in [6.45, 7) is 9.70. The van der Waals surface area contributed by atoms with Crippen LogP contribution in [0.25, 0.3) is 10.4 Å². The first-order valence-corrected chi connectivity index (χ1v) is 14.0. The van der Waals surface area contributed by atoms with E-state index in [4.69, 9.17) is 4.74 Å². The number of rotatable bonds is 6. The summed E-state index contributed by atoms with van der Waals surface area (Å²) in [7, 11) is -2.63. The molecule has 3 heterocycles. The molecule has 30 heavy (non-hydrogen) atoms. The first-order chi connectivity index (χ1) is 14.2. The Bertz CT molecular complexity index is 1070. The molecule has 2 aromatic rings. The highest BCUT2D eigenvalue weighted by Gasteiger charge is 2.41. The number of nitrogens with one attached hydrogen (secondary N) is 1. The van der Waals surface area contributed by atoms with Crippen molar-refractivity contribution in [1.82, 2.24) is 9.88 Å². The van der Waals surface area contributed by atoms with E-state index < -0.39 is 7.14 Å². The molecule has 1 saturated heterocycles. The molecule has 1 amide bonds. The van der Waals surface area contributed by atoms with Gasteiger partial charge in [-0.3, -0.25) is 4.79 Å². The SMILES string of the molecule is Cc1nc(NC2COC2)sc1-c1cc2c(c(P(C)(C)=O)c1)C(=O)N([C@@H](C)C1CC1)C2. The Morgan fingerprint density at radius 1 is 1.30 bits per heavy atom. The molecule has 1 saturated carbocycles. The van der Waals surface area contributed by atoms with Gasteiger partial charge in [0, 0.05) is 17.9 Å². The number of thiazole rings is 1. The van der Waals surface area contributed by atoms with Crippen molar-refractivity contribution in [3.8, 4) is 10.4 Å². The Labute approximate surface area is 181 Å². The van der Waals surface area contributed by atoms with E-state index in [1.54, 1.807) is 24.7 Å². The van der Waals surface area contributed by atoms with E-state index >= 15 is 0 Å². The highest BCUT2D eigenvalue weighted by Crippen LogP contribution is 2.44. The Morgan fingerprint density at radius 3 is 2.63 bits per heavy atom. The quantitative estimate of drug-likeness (QED) is 0.682. The van der Waals surface area contributed by atoms with Crippen LogP contribution in [0, 0.1) is 12.8 Å². The summed E-state index contributed by atoms with van der Waals surface area (Å²) < 4.78 is 18.4. The molecule has 0 bridgehead atoms. The maximum atomic E-state index is 13.3. The van der Waals surface area contributed by atoms with Gasteiger partial charge < -0.3 is 19.5 Å². The monoisotopic (exact) mass is 445 g/mol. The summed E-state index contributed by atoms with van der Waals surface area (Å²) in [5, 5.41) is 5.01. The summed E-state index contributed by atoms with van der Waals surface area (Å²) in [5.74, 6) is 0.650. The number of carbonyl (C=O) groups excluding carboxylic acids is 1. The maximum Gasteiger partial charge on any atom is 0.255 e. The first-order valence-electron chi connectivity index (χ1n) is 10.6. The number of hydrogen-bond acceptors (Lipinski definition) is 6. The van der Waals surface area contributed by atoms with Gasteiger partial charge in [-0.2, -0.15) is 0 Å². The second-order valence-electron chi connectivity index (χ2n) is 9.20. The number of carbonyl (C=O) groups is 1. The van der Waals surface area contributed by atoms with Crippen LogP contribution in [-0.2, 0) is 15.8 Å². The minimum Gasteiger partial charge on any atom is -0.377 e. The number of fused-ring (bicyclic) bond motifs is 1. The van der Waals surface area contributed by atoms with Gasteiger partial charge in [-0.05, 0) is 69.2 Å². The third-order valence-electron chi connectivity index (χ3n) is 6.42. The molecule has 0 radical (unpaired) electrons. The highest BCUT2D eigenvalue weighted by atomic mass is 32.1. The van der Waals surface area contributed by atoms with Crippen molar-refractivity contribution in [2.45, 2.75) is 45.3 Å². The summed E-state index contributed by atoms with van der Waals surface area (Å²) in [5.41, 5.74) is 3.63. The van der Waals surface area contributed by atoms with Gasteiger partial charge >= 0.3 is 0 Å². The highest BCUT2D eigenvalue weighted by molar-refractivity contribution is 7.70. The number of anilines is 1. The summed E-state index contributed by atoms with van der Waals surface area (Å²) in [6.07, 6.45) is 2.39. The molecular formula is C22H28N3O3PS. The van der Waals surface area contributed by atoms with E-state index in [-0.39, 0.29) is 11.9 Å². The van der Waals surface area contributed by atoms with Gasteiger partial charge in [0.05, 0.1) is 35.4 Å². The predicted molar refractivity (Wildman–Crippen MR) is 122 cm³/mol. The molecule has 8 heteroatoms. The van der Waals surface area contributed by atoms with Gasteiger partial charge in [-0.25, -0.2) is 4.98 Å². The first kappa shape index (κ1) is 20.2. The van der Waals surface area contributed by atoms with Crippen molar-refractivity contribution in [1.29, 1.82) is 0 Å². The predicted octanol–water partition coefficient (Wildman–Crippen LogP) is 3.93. The van der Waals surface area contributed by atoms with Gasteiger partial charge in [-0.15, -0.1) is 0 Å². The van der Waals surface area contributed by atoms with Gasteiger partial charge in [0.2, 0.25) is 0 Å². The summed E-state index contributed by atoms with van der Waals surface area (Å²) >= 11 is 1.61. The van der Waals surface area contributed by atoms with Crippen LogP contribution < -0.4 is 10.6 Å². The van der Waals surface area contributed by atoms with Crippen LogP contribution in [0.1, 0.15) is 41.4 Å². The van der Waals surface area contributed by atoms with E-state index in [9.17, 15) is 9.36 Å². The van der Waals surface area contributed by atoms with Crippen LogP contribution in [0.4, 0.5) is 5.13 Å². The average molecular weight is 446 g/mol. The topological polar surface area (TPSA) is 71.5 Å². The lowest BCUT2D eigenvalue weighted by molar-refractivity contribution is 0.0211. The van der Waals surface area contributed by atoms with Crippen LogP contribution >= 0.6 is 18.5 Å². The van der Waals surface area contributed by atoms with Crippen molar-refractivity contribution in [3.63, 3.8) is 0 Å². The molecule has 0 unspecified atom stereocenters. The normalized spacial score (nSPS) is 20.3. The van der Waals surface area contributed by atoms with Gasteiger partial charge in [0.1, 0.15) is 7.14 Å². The van der Waals surface area contributed by atoms with Crippen molar-refractivity contribution in [2.75, 3.05) is 31.9 Å². The van der Waals surface area contributed by atoms with Gasteiger partial charge in [0.25, 0.3) is 5.91 Å². The Balaban J connectivity index is 1.55. The molecular weight excluding hydrogens is 417 g/mol. The second kappa shape index (κ2) is 7.18. The zero-order valence-electron chi connectivity index (χ0n) is 17.9. The molecule has 2 aliphatic heterocycles. The van der Waals surface area contributed by atoms with E-state index in [0.717, 1.165) is 26.8 Å². The van der Waals surface area contributed by atoms with Crippen LogP contribution in [0.2, 0.25) is 0 Å². The molecule has 1 atom stereocenters. The average Bonchev–Trinajstić information content (AvgIpc) is 3.36. The molecule has 1 aromatic carbocycles. The molecule has 160 valence electrons. The molecule has 5 rings (SSSR count). The van der Waals surface area contributed by atoms with Gasteiger partial charge in [0.15, 0.2) is 5.13 Å². The number of aryl methyl sites for hydroxylation is 1.